The van der Waals surface area contributed by atoms with E-state index in [1.165, 1.54) is 25.7 Å². The number of rotatable bonds is 8. The van der Waals surface area contributed by atoms with Gasteiger partial charge in [0.15, 0.2) is 0 Å². The molecule has 1 rings (SSSR count). The third-order valence-corrected chi connectivity index (χ3v) is 4.26. The summed E-state index contributed by atoms with van der Waals surface area (Å²) in [5, 5.41) is 3.71. The van der Waals surface area contributed by atoms with Crippen LogP contribution in [0.15, 0.2) is 0 Å². The van der Waals surface area contributed by atoms with Gasteiger partial charge in [0.2, 0.25) is 0 Å². The highest BCUT2D eigenvalue weighted by Gasteiger charge is 2.31. The van der Waals surface area contributed by atoms with E-state index in [1.807, 2.05) is 6.92 Å². The van der Waals surface area contributed by atoms with E-state index < -0.39 is 0 Å². The van der Waals surface area contributed by atoms with Crippen LogP contribution in [0.3, 0.4) is 0 Å². The first kappa shape index (κ1) is 16.5. The summed E-state index contributed by atoms with van der Waals surface area (Å²) in [7, 11) is 0. The molecule has 1 atom stereocenters. The largest absolute Gasteiger partial charge is 0.466 e. The van der Waals surface area contributed by atoms with Crippen LogP contribution in [0, 0.1) is 5.41 Å². The number of hydrogen-bond acceptors (Lipinski definition) is 3. The Balaban J connectivity index is 2.03. The van der Waals surface area contributed by atoms with Gasteiger partial charge >= 0.3 is 5.97 Å². The zero-order chi connectivity index (χ0) is 14.1. The third kappa shape index (κ3) is 6.42. The maximum absolute atomic E-state index is 11.2. The third-order valence-electron chi connectivity index (χ3n) is 4.26. The van der Waals surface area contributed by atoms with Crippen LogP contribution in [0.5, 0.6) is 0 Å². The van der Waals surface area contributed by atoms with E-state index in [9.17, 15) is 4.79 Å². The normalized spacial score (nSPS) is 22.2. The van der Waals surface area contributed by atoms with E-state index in [-0.39, 0.29) is 5.97 Å². The molecule has 112 valence electrons. The van der Waals surface area contributed by atoms with Gasteiger partial charge in [-0.3, -0.25) is 4.79 Å². The van der Waals surface area contributed by atoms with Crippen LogP contribution in [0.4, 0.5) is 0 Å². The van der Waals surface area contributed by atoms with Gasteiger partial charge in [0.05, 0.1) is 6.61 Å². The van der Waals surface area contributed by atoms with Gasteiger partial charge in [-0.25, -0.2) is 0 Å². The van der Waals surface area contributed by atoms with E-state index in [4.69, 9.17) is 4.74 Å². The Bertz CT molecular complexity index is 263. The molecule has 0 aliphatic heterocycles. The quantitative estimate of drug-likeness (QED) is 0.540. The number of unbranched alkanes of at least 4 members (excludes halogenated alkanes) is 2. The molecule has 0 radical (unpaired) electrons. The van der Waals surface area contributed by atoms with Crippen molar-refractivity contribution in [2.45, 2.75) is 78.2 Å². The van der Waals surface area contributed by atoms with Gasteiger partial charge in [0.1, 0.15) is 0 Å². The molecule has 1 aliphatic carbocycles. The molecular formula is C16H31NO2. The number of esters is 1. The van der Waals surface area contributed by atoms with Crippen molar-refractivity contribution < 1.29 is 9.53 Å². The maximum Gasteiger partial charge on any atom is 0.305 e. The van der Waals surface area contributed by atoms with Crippen molar-refractivity contribution >= 4 is 5.97 Å². The van der Waals surface area contributed by atoms with E-state index >= 15 is 0 Å². The average molecular weight is 269 g/mol. The number of carbonyl (C=O) groups excluding carboxylic acids is 1. The summed E-state index contributed by atoms with van der Waals surface area (Å²) in [5.74, 6) is -0.0520. The molecule has 0 saturated heterocycles. The number of nitrogens with one attached hydrogen (secondary N) is 1. The van der Waals surface area contributed by atoms with E-state index in [2.05, 4.69) is 19.2 Å². The Morgan fingerprint density at radius 2 is 2.05 bits per heavy atom. The average Bonchev–Trinajstić information content (AvgIpc) is 2.35. The van der Waals surface area contributed by atoms with Gasteiger partial charge in [-0.15, -0.1) is 0 Å². The number of ether oxygens (including phenoxy) is 1. The van der Waals surface area contributed by atoms with Gasteiger partial charge in [-0.05, 0) is 44.6 Å². The van der Waals surface area contributed by atoms with Crippen LogP contribution in [0.1, 0.15) is 72.1 Å². The molecule has 19 heavy (non-hydrogen) atoms. The van der Waals surface area contributed by atoms with E-state index in [0.29, 0.717) is 24.5 Å². The van der Waals surface area contributed by atoms with Crippen LogP contribution < -0.4 is 5.32 Å². The first-order valence-corrected chi connectivity index (χ1v) is 7.95. The molecule has 3 heteroatoms. The van der Waals surface area contributed by atoms with Crippen molar-refractivity contribution in [3.63, 3.8) is 0 Å². The number of carbonyl (C=O) groups is 1. The highest BCUT2D eigenvalue weighted by Crippen LogP contribution is 2.35. The summed E-state index contributed by atoms with van der Waals surface area (Å²) in [6, 6.07) is 0.673. The lowest BCUT2D eigenvalue weighted by Crippen LogP contribution is -2.44. The van der Waals surface area contributed by atoms with Crippen LogP contribution in [-0.4, -0.2) is 25.2 Å². The van der Waals surface area contributed by atoms with Gasteiger partial charge in [-0.1, -0.05) is 33.1 Å². The fourth-order valence-electron chi connectivity index (χ4n) is 2.95. The molecule has 3 nitrogen and oxygen atoms in total. The Hall–Kier alpha value is -0.570. The zero-order valence-electron chi connectivity index (χ0n) is 13.0. The lowest BCUT2D eigenvalue weighted by Gasteiger charge is -2.39. The molecule has 1 fully saturated rings. The number of hydrogen-bond donors (Lipinski definition) is 1. The van der Waals surface area contributed by atoms with Gasteiger partial charge < -0.3 is 10.1 Å². The molecule has 0 aromatic carbocycles. The molecule has 1 aliphatic rings. The van der Waals surface area contributed by atoms with Crippen LogP contribution in [0.25, 0.3) is 0 Å². The molecule has 0 heterocycles. The Morgan fingerprint density at radius 1 is 1.26 bits per heavy atom. The summed E-state index contributed by atoms with van der Waals surface area (Å²) in [4.78, 5) is 11.2. The summed E-state index contributed by atoms with van der Waals surface area (Å²) < 4.78 is 4.92. The predicted molar refractivity (Wildman–Crippen MR) is 79.1 cm³/mol. The minimum Gasteiger partial charge on any atom is -0.466 e. The second kappa shape index (κ2) is 8.57. The molecule has 1 saturated carbocycles. The topological polar surface area (TPSA) is 38.3 Å². The van der Waals surface area contributed by atoms with Crippen molar-refractivity contribution in [3.05, 3.63) is 0 Å². The smallest absolute Gasteiger partial charge is 0.305 e. The molecule has 1 unspecified atom stereocenters. The summed E-state index contributed by atoms with van der Waals surface area (Å²) >= 11 is 0. The Morgan fingerprint density at radius 3 is 2.74 bits per heavy atom. The van der Waals surface area contributed by atoms with Gasteiger partial charge in [0, 0.05) is 12.5 Å². The first-order chi connectivity index (χ1) is 9.06. The van der Waals surface area contributed by atoms with Crippen molar-refractivity contribution in [3.8, 4) is 0 Å². The molecular weight excluding hydrogens is 238 g/mol. The van der Waals surface area contributed by atoms with Crippen molar-refractivity contribution in [1.82, 2.24) is 5.32 Å². The molecule has 0 aromatic heterocycles. The fraction of sp³-hybridized carbons (Fsp3) is 0.938. The Kier molecular flexibility index (Phi) is 7.44. The highest BCUT2D eigenvalue weighted by atomic mass is 16.5. The zero-order valence-corrected chi connectivity index (χ0v) is 13.0. The van der Waals surface area contributed by atoms with E-state index in [0.717, 1.165) is 25.8 Å². The monoisotopic (exact) mass is 269 g/mol. The summed E-state index contributed by atoms with van der Waals surface area (Å²) in [5.41, 5.74) is 0.448. The Labute approximate surface area is 118 Å². The molecule has 0 spiro atoms. The second-order valence-electron chi connectivity index (χ2n) is 6.36. The maximum atomic E-state index is 11.2. The van der Waals surface area contributed by atoms with Crippen LogP contribution in [-0.2, 0) is 9.53 Å². The van der Waals surface area contributed by atoms with Gasteiger partial charge in [-0.2, -0.15) is 0 Å². The van der Waals surface area contributed by atoms with Crippen molar-refractivity contribution in [1.29, 1.82) is 0 Å². The lowest BCUT2D eigenvalue weighted by molar-refractivity contribution is -0.143. The van der Waals surface area contributed by atoms with Crippen molar-refractivity contribution in [2.75, 3.05) is 13.2 Å². The molecule has 0 aromatic rings. The van der Waals surface area contributed by atoms with Gasteiger partial charge in [0.25, 0.3) is 0 Å². The standard InChI is InChI=1S/C16H31NO2/c1-4-19-15(18)11-6-5-9-13-17-14-10-7-8-12-16(14,2)3/h14,17H,4-13H2,1-3H3. The first-order valence-electron chi connectivity index (χ1n) is 7.95. The summed E-state index contributed by atoms with van der Waals surface area (Å²) in [6.07, 6.45) is 9.19. The molecule has 1 N–H and O–H groups in total. The molecule has 0 amide bonds. The summed E-state index contributed by atoms with van der Waals surface area (Å²) in [6.45, 7) is 8.19. The minimum atomic E-state index is -0.0520. The fourth-order valence-corrected chi connectivity index (χ4v) is 2.95. The second-order valence-corrected chi connectivity index (χ2v) is 6.36. The van der Waals surface area contributed by atoms with Crippen molar-refractivity contribution in [2.24, 2.45) is 5.41 Å². The van der Waals surface area contributed by atoms with Crippen LogP contribution in [0.2, 0.25) is 0 Å². The lowest BCUT2D eigenvalue weighted by atomic mass is 9.73. The minimum absolute atomic E-state index is 0.0520. The SMILES string of the molecule is CCOC(=O)CCCCCNC1CCCCC1(C)C. The van der Waals surface area contributed by atoms with E-state index in [1.54, 1.807) is 0 Å². The molecule has 0 bridgehead atoms. The predicted octanol–water partition coefficient (Wildman–Crippen LogP) is 3.67. The van der Waals surface area contributed by atoms with Crippen LogP contribution >= 0.6 is 0 Å². The highest BCUT2D eigenvalue weighted by molar-refractivity contribution is 5.69.